The summed E-state index contributed by atoms with van der Waals surface area (Å²) in [6, 6.07) is 18.7. The van der Waals surface area contributed by atoms with E-state index >= 15 is 0 Å². The van der Waals surface area contributed by atoms with E-state index in [1.807, 2.05) is 54.6 Å². The van der Waals surface area contributed by atoms with Gasteiger partial charge < -0.3 is 4.74 Å². The molecule has 5 nitrogen and oxygen atoms in total. The minimum Gasteiger partial charge on any atom is -0.487 e. The van der Waals surface area contributed by atoms with Crippen molar-refractivity contribution < 1.29 is 4.74 Å². The normalized spacial score (nSPS) is 10.8. The summed E-state index contributed by atoms with van der Waals surface area (Å²) in [5.74, 6) is 0.671. The molecule has 128 valence electrons. The van der Waals surface area contributed by atoms with Crippen molar-refractivity contribution >= 4 is 26.8 Å². The van der Waals surface area contributed by atoms with Gasteiger partial charge in [-0.05, 0) is 42.5 Å². The SMILES string of the molecule is O=c1ccn(-c2cccc(Br)c2)nc1COc1ccc2ncccc2c1. The minimum absolute atomic E-state index is 0.0967. The molecule has 2 aromatic carbocycles. The van der Waals surface area contributed by atoms with Crippen LogP contribution in [0.1, 0.15) is 5.69 Å². The zero-order chi connectivity index (χ0) is 17.9. The highest BCUT2D eigenvalue weighted by molar-refractivity contribution is 9.10. The van der Waals surface area contributed by atoms with Crippen molar-refractivity contribution in [3.63, 3.8) is 0 Å². The van der Waals surface area contributed by atoms with Gasteiger partial charge in [0.2, 0.25) is 5.43 Å². The van der Waals surface area contributed by atoms with Crippen LogP contribution in [0, 0.1) is 0 Å². The quantitative estimate of drug-likeness (QED) is 0.510. The van der Waals surface area contributed by atoms with Crippen LogP contribution in [0.4, 0.5) is 0 Å². The number of rotatable bonds is 4. The Morgan fingerprint density at radius 2 is 1.96 bits per heavy atom. The second kappa shape index (κ2) is 7.09. The maximum Gasteiger partial charge on any atom is 0.206 e. The molecular weight excluding hydrogens is 394 g/mol. The lowest BCUT2D eigenvalue weighted by molar-refractivity contribution is 0.298. The summed E-state index contributed by atoms with van der Waals surface area (Å²) in [5, 5.41) is 5.39. The Morgan fingerprint density at radius 3 is 2.85 bits per heavy atom. The molecule has 2 aromatic heterocycles. The minimum atomic E-state index is -0.154. The molecule has 0 bridgehead atoms. The average Bonchev–Trinajstić information content (AvgIpc) is 2.67. The van der Waals surface area contributed by atoms with Crippen molar-refractivity contribution in [1.29, 1.82) is 0 Å². The molecule has 0 amide bonds. The van der Waals surface area contributed by atoms with Crippen LogP contribution < -0.4 is 10.2 Å². The van der Waals surface area contributed by atoms with Gasteiger partial charge in [-0.25, -0.2) is 4.68 Å². The first-order valence-electron chi connectivity index (χ1n) is 8.01. The molecule has 0 atom stereocenters. The summed E-state index contributed by atoms with van der Waals surface area (Å²) in [4.78, 5) is 16.4. The van der Waals surface area contributed by atoms with Gasteiger partial charge in [-0.2, -0.15) is 5.10 Å². The van der Waals surface area contributed by atoms with Gasteiger partial charge >= 0.3 is 0 Å². The van der Waals surface area contributed by atoms with Crippen LogP contribution in [0.15, 0.2) is 82.3 Å². The van der Waals surface area contributed by atoms with E-state index in [-0.39, 0.29) is 12.0 Å². The highest BCUT2D eigenvalue weighted by Crippen LogP contribution is 2.19. The summed E-state index contributed by atoms with van der Waals surface area (Å²) in [6.07, 6.45) is 3.40. The maximum atomic E-state index is 12.1. The van der Waals surface area contributed by atoms with Crippen molar-refractivity contribution in [2.45, 2.75) is 6.61 Å². The summed E-state index contributed by atoms with van der Waals surface area (Å²) in [7, 11) is 0. The number of pyridine rings is 1. The summed E-state index contributed by atoms with van der Waals surface area (Å²) in [6.45, 7) is 0.0967. The van der Waals surface area contributed by atoms with Crippen LogP contribution >= 0.6 is 15.9 Å². The fourth-order valence-electron chi connectivity index (χ4n) is 2.60. The van der Waals surface area contributed by atoms with Crippen LogP contribution in [0.25, 0.3) is 16.6 Å². The van der Waals surface area contributed by atoms with E-state index in [0.717, 1.165) is 21.1 Å². The van der Waals surface area contributed by atoms with Gasteiger partial charge in [0.05, 0.1) is 11.2 Å². The van der Waals surface area contributed by atoms with E-state index in [0.29, 0.717) is 11.4 Å². The fourth-order valence-corrected chi connectivity index (χ4v) is 2.99. The molecule has 2 heterocycles. The highest BCUT2D eigenvalue weighted by Gasteiger charge is 2.06. The first-order chi connectivity index (χ1) is 12.7. The van der Waals surface area contributed by atoms with E-state index in [4.69, 9.17) is 4.74 Å². The second-order valence-corrected chi connectivity index (χ2v) is 6.61. The van der Waals surface area contributed by atoms with Gasteiger partial charge in [-0.1, -0.05) is 28.1 Å². The number of aromatic nitrogens is 3. The zero-order valence-corrected chi connectivity index (χ0v) is 15.3. The summed E-state index contributed by atoms with van der Waals surface area (Å²) >= 11 is 3.44. The molecule has 4 rings (SSSR count). The first-order valence-corrected chi connectivity index (χ1v) is 8.81. The number of nitrogens with zero attached hydrogens (tertiary/aromatic N) is 3. The molecule has 0 spiro atoms. The maximum absolute atomic E-state index is 12.1. The smallest absolute Gasteiger partial charge is 0.206 e. The molecule has 0 N–H and O–H groups in total. The van der Waals surface area contributed by atoms with Crippen LogP contribution in [0.3, 0.4) is 0 Å². The lowest BCUT2D eigenvalue weighted by Crippen LogP contribution is -2.17. The molecule has 0 saturated heterocycles. The molecule has 0 unspecified atom stereocenters. The Labute approximate surface area is 158 Å². The number of hydrogen-bond donors (Lipinski definition) is 0. The van der Waals surface area contributed by atoms with Crippen LogP contribution in [-0.2, 0) is 6.61 Å². The Hall–Kier alpha value is -2.99. The van der Waals surface area contributed by atoms with Crippen molar-refractivity contribution in [2.24, 2.45) is 0 Å². The van der Waals surface area contributed by atoms with E-state index in [1.165, 1.54) is 6.07 Å². The molecule has 0 aliphatic rings. The molecule has 0 fully saturated rings. The van der Waals surface area contributed by atoms with Crippen LogP contribution in [-0.4, -0.2) is 14.8 Å². The predicted octanol–water partition coefficient (Wildman–Crippen LogP) is 4.12. The van der Waals surface area contributed by atoms with Gasteiger partial charge in [0.15, 0.2) is 0 Å². The average molecular weight is 408 g/mol. The van der Waals surface area contributed by atoms with Crippen molar-refractivity contribution in [1.82, 2.24) is 14.8 Å². The lowest BCUT2D eigenvalue weighted by atomic mass is 10.2. The molecule has 0 aliphatic carbocycles. The Bertz CT molecular complexity index is 1140. The summed E-state index contributed by atoms with van der Waals surface area (Å²) in [5.41, 5.74) is 1.95. The lowest BCUT2D eigenvalue weighted by Gasteiger charge is -2.09. The van der Waals surface area contributed by atoms with Crippen molar-refractivity contribution in [3.8, 4) is 11.4 Å². The molecule has 6 heteroatoms. The Balaban J connectivity index is 1.59. The van der Waals surface area contributed by atoms with E-state index in [1.54, 1.807) is 17.1 Å². The van der Waals surface area contributed by atoms with E-state index < -0.39 is 0 Å². The number of hydrogen-bond acceptors (Lipinski definition) is 4. The molecular formula is C20H14BrN3O2. The number of ether oxygens (including phenoxy) is 1. The van der Waals surface area contributed by atoms with Crippen LogP contribution in [0.2, 0.25) is 0 Å². The monoisotopic (exact) mass is 407 g/mol. The van der Waals surface area contributed by atoms with Gasteiger partial charge in [0, 0.05) is 28.3 Å². The zero-order valence-electron chi connectivity index (χ0n) is 13.7. The summed E-state index contributed by atoms with van der Waals surface area (Å²) < 4.78 is 8.39. The molecule has 4 aromatic rings. The third-order valence-electron chi connectivity index (χ3n) is 3.90. The van der Waals surface area contributed by atoms with Crippen molar-refractivity contribution in [2.75, 3.05) is 0 Å². The predicted molar refractivity (Wildman–Crippen MR) is 104 cm³/mol. The van der Waals surface area contributed by atoms with Crippen molar-refractivity contribution in [3.05, 3.63) is 93.4 Å². The number of benzene rings is 2. The third-order valence-corrected chi connectivity index (χ3v) is 4.40. The number of fused-ring (bicyclic) bond motifs is 1. The Kier molecular flexibility index (Phi) is 4.50. The largest absolute Gasteiger partial charge is 0.487 e. The number of halogens is 1. The fraction of sp³-hybridized carbons (Fsp3) is 0.0500. The standard InChI is InChI=1S/C20H14BrN3O2/c21-15-4-1-5-16(12-15)24-10-8-20(25)19(23-24)13-26-17-6-7-18-14(11-17)3-2-9-22-18/h1-12H,13H2. The Morgan fingerprint density at radius 1 is 1.04 bits per heavy atom. The van der Waals surface area contributed by atoms with Crippen LogP contribution in [0.5, 0.6) is 5.75 Å². The third kappa shape index (κ3) is 3.50. The van der Waals surface area contributed by atoms with Gasteiger partial charge in [-0.3, -0.25) is 9.78 Å². The molecule has 26 heavy (non-hydrogen) atoms. The topological polar surface area (TPSA) is 57.0 Å². The molecule has 0 saturated carbocycles. The van der Waals surface area contributed by atoms with Gasteiger partial charge in [0.25, 0.3) is 0 Å². The van der Waals surface area contributed by atoms with Gasteiger partial charge in [-0.15, -0.1) is 0 Å². The second-order valence-electron chi connectivity index (χ2n) is 5.70. The molecule has 0 radical (unpaired) electrons. The molecule has 0 aliphatic heterocycles. The highest BCUT2D eigenvalue weighted by atomic mass is 79.9. The van der Waals surface area contributed by atoms with Gasteiger partial charge in [0.1, 0.15) is 18.1 Å². The van der Waals surface area contributed by atoms with E-state index in [2.05, 4.69) is 26.0 Å². The van der Waals surface area contributed by atoms with E-state index in [9.17, 15) is 4.79 Å². The first kappa shape index (κ1) is 16.5.